The number of aliphatic hydroxyl groups is 1. The zero-order valence-corrected chi connectivity index (χ0v) is 15.7. The molecule has 4 rings (SSSR count). The number of benzene rings is 2. The highest BCUT2D eigenvalue weighted by Gasteiger charge is 2.33. The summed E-state index contributed by atoms with van der Waals surface area (Å²) in [5, 5.41) is 16.8. The van der Waals surface area contributed by atoms with Crippen molar-refractivity contribution in [2.45, 2.75) is 44.2 Å². The van der Waals surface area contributed by atoms with E-state index in [-0.39, 0.29) is 11.9 Å². The highest BCUT2D eigenvalue weighted by molar-refractivity contribution is 6.38. The number of aliphatic hydroxyl groups excluding tert-OH is 1. The third-order valence-corrected chi connectivity index (χ3v) is 5.50. The molecule has 28 heavy (non-hydrogen) atoms. The summed E-state index contributed by atoms with van der Waals surface area (Å²) in [5.41, 5.74) is 2.76. The van der Waals surface area contributed by atoms with Gasteiger partial charge < -0.3 is 15.7 Å². The van der Waals surface area contributed by atoms with Crippen molar-refractivity contribution in [3.63, 3.8) is 0 Å². The summed E-state index contributed by atoms with van der Waals surface area (Å²) in [6.07, 6.45) is 3.80. The van der Waals surface area contributed by atoms with Crippen LogP contribution in [0.1, 0.15) is 43.2 Å². The van der Waals surface area contributed by atoms with E-state index in [0.717, 1.165) is 25.7 Å². The van der Waals surface area contributed by atoms with Gasteiger partial charge >= 0.3 is 0 Å². The second-order valence-electron chi connectivity index (χ2n) is 7.40. The number of carbonyl (C=O) groups is 2. The topological polar surface area (TPSA) is 78.4 Å². The fourth-order valence-electron chi connectivity index (χ4n) is 4.10. The van der Waals surface area contributed by atoms with E-state index >= 15 is 0 Å². The SMILES string of the molecule is O=C1Nc2ccccc2/C1=C(/c1ccccc1)C(O)C(=O)NC1CCCCC1. The van der Waals surface area contributed by atoms with Crippen molar-refractivity contribution < 1.29 is 14.7 Å². The van der Waals surface area contributed by atoms with E-state index in [9.17, 15) is 14.7 Å². The molecule has 2 aromatic carbocycles. The Balaban J connectivity index is 1.75. The number of carbonyl (C=O) groups excluding carboxylic acids is 2. The van der Waals surface area contributed by atoms with E-state index in [1.807, 2.05) is 54.6 Å². The molecule has 5 heteroatoms. The van der Waals surface area contributed by atoms with Crippen LogP contribution < -0.4 is 10.6 Å². The molecule has 1 heterocycles. The Bertz CT molecular complexity index is 914. The van der Waals surface area contributed by atoms with Gasteiger partial charge in [-0.1, -0.05) is 67.8 Å². The lowest BCUT2D eigenvalue weighted by molar-refractivity contribution is -0.127. The zero-order valence-electron chi connectivity index (χ0n) is 15.7. The fourth-order valence-corrected chi connectivity index (χ4v) is 4.10. The lowest BCUT2D eigenvalue weighted by Crippen LogP contribution is -2.43. The smallest absolute Gasteiger partial charge is 0.256 e. The van der Waals surface area contributed by atoms with Crippen LogP contribution >= 0.6 is 0 Å². The van der Waals surface area contributed by atoms with Gasteiger partial charge in [-0.25, -0.2) is 0 Å². The Morgan fingerprint density at radius 2 is 1.68 bits per heavy atom. The van der Waals surface area contributed by atoms with E-state index < -0.39 is 12.0 Å². The highest BCUT2D eigenvalue weighted by Crippen LogP contribution is 2.38. The van der Waals surface area contributed by atoms with Gasteiger partial charge in [0.25, 0.3) is 11.8 Å². The first-order valence-corrected chi connectivity index (χ1v) is 9.84. The first kappa shape index (κ1) is 18.4. The molecule has 0 bridgehead atoms. The van der Waals surface area contributed by atoms with Gasteiger partial charge in [-0.15, -0.1) is 0 Å². The molecule has 2 aromatic rings. The molecule has 1 atom stereocenters. The van der Waals surface area contributed by atoms with Crippen LogP contribution in [-0.4, -0.2) is 29.1 Å². The average Bonchev–Trinajstić information content (AvgIpc) is 3.05. The molecular formula is C23H24N2O3. The van der Waals surface area contributed by atoms with Gasteiger partial charge in [-0.3, -0.25) is 9.59 Å². The van der Waals surface area contributed by atoms with Crippen LogP contribution in [0.2, 0.25) is 0 Å². The average molecular weight is 376 g/mol. The first-order chi connectivity index (χ1) is 13.6. The second-order valence-corrected chi connectivity index (χ2v) is 7.40. The number of rotatable bonds is 4. The number of para-hydroxylation sites is 1. The summed E-state index contributed by atoms with van der Waals surface area (Å²) in [6.45, 7) is 0. The molecule has 0 aromatic heterocycles. The Morgan fingerprint density at radius 1 is 1.00 bits per heavy atom. The van der Waals surface area contributed by atoms with E-state index in [2.05, 4.69) is 10.6 Å². The predicted octanol–water partition coefficient (Wildman–Crippen LogP) is 3.36. The van der Waals surface area contributed by atoms with Gasteiger partial charge in [0.15, 0.2) is 6.10 Å². The van der Waals surface area contributed by atoms with E-state index in [0.29, 0.717) is 28.0 Å². The molecule has 1 unspecified atom stereocenters. The molecular weight excluding hydrogens is 352 g/mol. The zero-order chi connectivity index (χ0) is 19.5. The van der Waals surface area contributed by atoms with Crippen molar-refractivity contribution in [1.29, 1.82) is 0 Å². The van der Waals surface area contributed by atoms with Gasteiger partial charge in [0.2, 0.25) is 0 Å². The van der Waals surface area contributed by atoms with Crippen LogP contribution in [0.4, 0.5) is 5.69 Å². The number of nitrogens with one attached hydrogen (secondary N) is 2. The Hall–Kier alpha value is -2.92. The molecule has 2 aliphatic rings. The molecule has 0 radical (unpaired) electrons. The molecule has 2 amide bonds. The maximum absolute atomic E-state index is 12.9. The molecule has 0 saturated heterocycles. The minimum Gasteiger partial charge on any atom is -0.378 e. The Morgan fingerprint density at radius 3 is 2.43 bits per heavy atom. The van der Waals surface area contributed by atoms with Gasteiger partial charge in [-0.05, 0) is 24.5 Å². The van der Waals surface area contributed by atoms with E-state index in [4.69, 9.17) is 0 Å². The summed E-state index contributed by atoms with van der Waals surface area (Å²) < 4.78 is 0. The van der Waals surface area contributed by atoms with Crippen LogP contribution in [0.5, 0.6) is 0 Å². The predicted molar refractivity (Wildman–Crippen MR) is 109 cm³/mol. The lowest BCUT2D eigenvalue weighted by atomic mass is 9.90. The number of hydrogen-bond acceptors (Lipinski definition) is 3. The summed E-state index contributed by atoms with van der Waals surface area (Å²) in [6, 6.07) is 16.6. The van der Waals surface area contributed by atoms with Crippen LogP contribution in [-0.2, 0) is 9.59 Å². The van der Waals surface area contributed by atoms with Crippen molar-refractivity contribution in [2.75, 3.05) is 5.32 Å². The summed E-state index contributed by atoms with van der Waals surface area (Å²) >= 11 is 0. The Labute approximate surface area is 164 Å². The van der Waals surface area contributed by atoms with E-state index in [1.54, 1.807) is 0 Å². The lowest BCUT2D eigenvalue weighted by Gasteiger charge is -2.25. The molecule has 0 spiro atoms. The number of hydrogen-bond donors (Lipinski definition) is 3. The van der Waals surface area contributed by atoms with Crippen LogP contribution in [0.25, 0.3) is 11.1 Å². The summed E-state index contributed by atoms with van der Waals surface area (Å²) in [4.78, 5) is 25.6. The maximum Gasteiger partial charge on any atom is 0.256 e. The van der Waals surface area contributed by atoms with Crippen molar-refractivity contribution >= 4 is 28.6 Å². The molecule has 1 fully saturated rings. The van der Waals surface area contributed by atoms with Gasteiger partial charge in [0.05, 0.1) is 5.57 Å². The van der Waals surface area contributed by atoms with Crippen LogP contribution in [0.3, 0.4) is 0 Å². The van der Waals surface area contributed by atoms with Crippen LogP contribution in [0, 0.1) is 0 Å². The third-order valence-electron chi connectivity index (χ3n) is 5.50. The van der Waals surface area contributed by atoms with E-state index in [1.165, 1.54) is 6.42 Å². The monoisotopic (exact) mass is 376 g/mol. The number of amides is 2. The van der Waals surface area contributed by atoms with Gasteiger partial charge in [0, 0.05) is 22.9 Å². The standard InChI is InChI=1S/C23H24N2O3/c26-21(23(28)24-16-11-5-2-6-12-16)19(15-9-3-1-4-10-15)20-17-13-7-8-14-18(17)25-22(20)27/h1,3-4,7-10,13-14,16,21,26H,2,5-6,11-12H2,(H,24,28)(H,25,27)/b20-19+. The van der Waals surface area contributed by atoms with Gasteiger partial charge in [-0.2, -0.15) is 0 Å². The first-order valence-electron chi connectivity index (χ1n) is 9.84. The van der Waals surface area contributed by atoms with Crippen LogP contribution in [0.15, 0.2) is 54.6 Å². The highest BCUT2D eigenvalue weighted by atomic mass is 16.3. The quantitative estimate of drug-likeness (QED) is 0.716. The molecule has 1 saturated carbocycles. The molecule has 3 N–H and O–H groups in total. The molecule has 1 aliphatic carbocycles. The fraction of sp³-hybridized carbons (Fsp3) is 0.304. The van der Waals surface area contributed by atoms with Gasteiger partial charge in [0.1, 0.15) is 0 Å². The maximum atomic E-state index is 12.9. The van der Waals surface area contributed by atoms with Crippen molar-refractivity contribution in [2.24, 2.45) is 0 Å². The summed E-state index contributed by atoms with van der Waals surface area (Å²) in [5.74, 6) is -0.750. The summed E-state index contributed by atoms with van der Waals surface area (Å²) in [7, 11) is 0. The largest absolute Gasteiger partial charge is 0.378 e. The minimum absolute atomic E-state index is 0.0858. The number of fused-ring (bicyclic) bond motifs is 1. The molecule has 1 aliphatic heterocycles. The minimum atomic E-state index is -1.42. The Kier molecular flexibility index (Phi) is 5.26. The van der Waals surface area contributed by atoms with Crippen molar-refractivity contribution in [3.8, 4) is 0 Å². The molecule has 5 nitrogen and oxygen atoms in total. The van der Waals surface area contributed by atoms with Crippen molar-refractivity contribution in [1.82, 2.24) is 5.32 Å². The molecule has 144 valence electrons. The normalized spacial score (nSPS) is 19.5. The van der Waals surface area contributed by atoms with Crippen molar-refractivity contribution in [3.05, 3.63) is 65.7 Å². The third kappa shape index (κ3) is 3.58. The second kappa shape index (κ2) is 7.98. The number of anilines is 1.